The zero-order chi connectivity index (χ0) is 42.6. The highest BCUT2D eigenvalue weighted by Gasteiger charge is 2.63. The molecular weight excluding hydrogens is 786 g/mol. The third-order valence-corrected chi connectivity index (χ3v) is 13.5. The summed E-state index contributed by atoms with van der Waals surface area (Å²) in [5, 5.41) is 5.41. The molecule has 1 saturated heterocycles. The SMILES string of the molecule is COc1ccc2nc(C(F)(F)F)c(O[C@@H]3C[C@H]4C(=O)NC5(C(=O)NS(=O)(=O)C6(C)CC6)CC5/C=C\CC[C@@H](C)C[C@@H](C)[C@H](NC(=O)OC(C)(C)C)C(=O)N4C3)nc2c1. The first-order valence-electron chi connectivity index (χ1n) is 19.4. The number of halogens is 3. The summed E-state index contributed by atoms with van der Waals surface area (Å²) in [6, 6.07) is 1.45. The highest BCUT2D eigenvalue weighted by molar-refractivity contribution is 7.91. The van der Waals surface area contributed by atoms with Crippen molar-refractivity contribution in [3.8, 4) is 11.6 Å². The van der Waals surface area contributed by atoms with Gasteiger partial charge in [-0.1, -0.05) is 26.0 Å². The smallest absolute Gasteiger partial charge is 0.438 e. The van der Waals surface area contributed by atoms with Crippen molar-refractivity contribution in [1.82, 2.24) is 30.2 Å². The number of nitrogens with zero attached hydrogens (tertiary/aromatic N) is 3. The Labute approximate surface area is 335 Å². The first-order valence-corrected chi connectivity index (χ1v) is 20.9. The van der Waals surface area contributed by atoms with Crippen LogP contribution in [0.25, 0.3) is 11.0 Å². The molecule has 6 rings (SSSR count). The summed E-state index contributed by atoms with van der Waals surface area (Å²) in [7, 11) is -2.73. The van der Waals surface area contributed by atoms with Gasteiger partial charge >= 0.3 is 12.3 Å². The molecule has 2 aromatic rings. The fraction of sp³-hybridized carbons (Fsp3) is 0.641. The number of alkyl carbamates (subject to hydrolysis) is 1. The highest BCUT2D eigenvalue weighted by atomic mass is 32.2. The fourth-order valence-corrected chi connectivity index (χ4v) is 8.91. The van der Waals surface area contributed by atoms with Gasteiger partial charge in [-0.15, -0.1) is 0 Å². The number of hydrogen-bond acceptors (Lipinski definition) is 11. The molecule has 2 aliphatic heterocycles. The van der Waals surface area contributed by atoms with E-state index in [4.69, 9.17) is 14.2 Å². The average molecular weight is 837 g/mol. The van der Waals surface area contributed by atoms with Gasteiger partial charge in [0, 0.05) is 18.4 Å². The molecule has 3 heterocycles. The van der Waals surface area contributed by atoms with Crippen molar-refractivity contribution in [2.24, 2.45) is 17.8 Å². The molecule has 3 N–H and O–H groups in total. The minimum Gasteiger partial charge on any atom is -0.497 e. The van der Waals surface area contributed by atoms with Gasteiger partial charge in [0.25, 0.3) is 5.91 Å². The number of benzene rings is 1. The summed E-state index contributed by atoms with van der Waals surface area (Å²) in [5.74, 6) is -4.17. The Morgan fingerprint density at radius 3 is 2.40 bits per heavy atom. The molecule has 4 amide bonds. The summed E-state index contributed by atoms with van der Waals surface area (Å²) < 4.78 is 87.3. The van der Waals surface area contributed by atoms with E-state index in [1.807, 2.05) is 13.0 Å². The van der Waals surface area contributed by atoms with E-state index in [9.17, 15) is 40.8 Å². The van der Waals surface area contributed by atoms with Crippen LogP contribution < -0.4 is 24.8 Å². The predicted octanol–water partition coefficient (Wildman–Crippen LogP) is 4.78. The molecule has 318 valence electrons. The van der Waals surface area contributed by atoms with Crippen molar-refractivity contribution in [1.29, 1.82) is 0 Å². The summed E-state index contributed by atoms with van der Waals surface area (Å²) in [4.78, 5) is 65.3. The summed E-state index contributed by atoms with van der Waals surface area (Å²) in [5.41, 5.74) is -4.09. The lowest BCUT2D eigenvalue weighted by atomic mass is 9.88. The Hall–Kier alpha value is -4.68. The van der Waals surface area contributed by atoms with Crippen molar-refractivity contribution >= 4 is 44.9 Å². The van der Waals surface area contributed by atoms with Crippen LogP contribution in [0, 0.1) is 17.8 Å². The van der Waals surface area contributed by atoms with Crippen LogP contribution in [0.1, 0.15) is 92.2 Å². The fourth-order valence-electron chi connectivity index (χ4n) is 7.60. The minimum atomic E-state index is -5.01. The van der Waals surface area contributed by atoms with Gasteiger partial charge in [-0.2, -0.15) is 13.2 Å². The summed E-state index contributed by atoms with van der Waals surface area (Å²) in [6.45, 7) is 9.82. The molecule has 7 atom stereocenters. The van der Waals surface area contributed by atoms with Gasteiger partial charge in [-0.05, 0) is 90.2 Å². The normalized spacial score (nSPS) is 29.4. The Morgan fingerprint density at radius 2 is 1.76 bits per heavy atom. The predicted molar refractivity (Wildman–Crippen MR) is 204 cm³/mol. The third kappa shape index (κ3) is 9.13. The largest absolute Gasteiger partial charge is 0.497 e. The number of nitrogens with one attached hydrogen (secondary N) is 3. The van der Waals surface area contributed by atoms with Crippen molar-refractivity contribution in [2.75, 3.05) is 13.7 Å². The molecule has 58 heavy (non-hydrogen) atoms. The molecule has 0 radical (unpaired) electrons. The number of methoxy groups -OCH3 is 1. The number of rotatable bonds is 7. The molecule has 4 aliphatic rings. The Balaban J connectivity index is 1.38. The molecule has 2 saturated carbocycles. The van der Waals surface area contributed by atoms with Gasteiger partial charge in [-0.25, -0.2) is 23.2 Å². The van der Waals surface area contributed by atoms with E-state index in [1.165, 1.54) is 32.2 Å². The van der Waals surface area contributed by atoms with E-state index in [1.54, 1.807) is 33.8 Å². The number of alkyl halides is 3. The van der Waals surface area contributed by atoms with Crippen LogP contribution in [0.15, 0.2) is 30.4 Å². The molecule has 3 fully saturated rings. The van der Waals surface area contributed by atoms with Crippen LogP contribution in [0.5, 0.6) is 11.6 Å². The van der Waals surface area contributed by atoms with Crippen LogP contribution in [0.2, 0.25) is 0 Å². The number of carbonyl (C=O) groups excluding carboxylic acids is 4. The highest BCUT2D eigenvalue weighted by Crippen LogP contribution is 2.48. The molecule has 2 unspecified atom stereocenters. The Morgan fingerprint density at radius 1 is 1.05 bits per heavy atom. The van der Waals surface area contributed by atoms with Gasteiger partial charge in [0.2, 0.25) is 33.4 Å². The number of fused-ring (bicyclic) bond motifs is 3. The van der Waals surface area contributed by atoms with E-state index in [0.717, 1.165) is 4.90 Å². The van der Waals surface area contributed by atoms with Gasteiger partial charge < -0.3 is 29.7 Å². The van der Waals surface area contributed by atoms with E-state index in [-0.39, 0.29) is 29.8 Å². The number of ether oxygens (including phenoxy) is 3. The number of amides is 4. The number of carbonyl (C=O) groups is 4. The van der Waals surface area contributed by atoms with E-state index >= 15 is 0 Å². The Kier molecular flexibility index (Phi) is 11.5. The number of hydrogen-bond donors (Lipinski definition) is 3. The van der Waals surface area contributed by atoms with E-state index < -0.39 is 104 Å². The number of sulfonamides is 1. The van der Waals surface area contributed by atoms with Crippen molar-refractivity contribution in [3.63, 3.8) is 0 Å². The zero-order valence-corrected chi connectivity index (χ0v) is 34.4. The third-order valence-electron chi connectivity index (χ3n) is 11.3. The lowest BCUT2D eigenvalue weighted by Crippen LogP contribution is -2.59. The maximum Gasteiger partial charge on any atom is 0.438 e. The van der Waals surface area contributed by atoms with Gasteiger partial charge in [0.1, 0.15) is 35.1 Å². The standard InChI is InChI=1S/C39H51F3N6O9S/c1-21-10-8-9-11-23-19-38(23,34(51)47-58(53,54)37(6)14-15-37)46-31(49)28-18-25(20-48(28)33(50)29(22(2)16-21)45-35(52)57-36(3,4)5)56-32-30(39(40,41)42)43-26-13-12-24(55-7)17-27(26)44-32/h9,11-13,17,21-23,25,28-29H,8,10,14-16,18-20H2,1-7H3,(H,45,52)(H,46,49)(H,47,51)/b11-9-/t21-,22-,23?,25-,28+,29+,38?/m1/s1. The molecular formula is C39H51F3N6O9S. The minimum absolute atomic E-state index is 0.0318. The molecule has 1 aromatic heterocycles. The first kappa shape index (κ1) is 42.9. The molecule has 0 spiro atoms. The molecule has 19 heteroatoms. The second-order valence-corrected chi connectivity index (χ2v) is 19.5. The lowest BCUT2D eigenvalue weighted by molar-refractivity contribution is -0.143. The molecule has 1 aromatic carbocycles. The number of aromatic nitrogens is 2. The topological polar surface area (TPSA) is 195 Å². The molecule has 2 aliphatic carbocycles. The van der Waals surface area contributed by atoms with Crippen LogP contribution in [0.3, 0.4) is 0 Å². The van der Waals surface area contributed by atoms with Gasteiger partial charge in [0.05, 0.1) is 29.4 Å². The second-order valence-electron chi connectivity index (χ2n) is 17.3. The van der Waals surface area contributed by atoms with Crippen LogP contribution in [0.4, 0.5) is 18.0 Å². The second kappa shape index (κ2) is 15.5. The van der Waals surface area contributed by atoms with E-state index in [0.29, 0.717) is 37.9 Å². The summed E-state index contributed by atoms with van der Waals surface area (Å²) >= 11 is 0. The van der Waals surface area contributed by atoms with Crippen molar-refractivity contribution < 1.29 is 55.0 Å². The maximum absolute atomic E-state index is 14.7. The summed E-state index contributed by atoms with van der Waals surface area (Å²) in [6.07, 6.45) is -1.38. The van der Waals surface area contributed by atoms with Crippen LogP contribution in [-0.2, 0) is 35.3 Å². The van der Waals surface area contributed by atoms with Crippen molar-refractivity contribution in [2.45, 2.75) is 127 Å². The average Bonchev–Trinajstić information content (AvgIpc) is 4.00. The Bertz CT molecular complexity index is 2110. The monoisotopic (exact) mass is 836 g/mol. The van der Waals surface area contributed by atoms with Gasteiger partial charge in [-0.3, -0.25) is 19.1 Å². The van der Waals surface area contributed by atoms with Gasteiger partial charge in [0.15, 0.2) is 0 Å². The van der Waals surface area contributed by atoms with Crippen molar-refractivity contribution in [3.05, 3.63) is 36.0 Å². The van der Waals surface area contributed by atoms with Crippen LogP contribution in [-0.4, -0.2) is 94.8 Å². The molecule has 0 bridgehead atoms. The van der Waals surface area contributed by atoms with Crippen LogP contribution >= 0.6 is 0 Å². The maximum atomic E-state index is 14.7. The number of allylic oxidation sites excluding steroid dienone is 1. The van der Waals surface area contributed by atoms with E-state index in [2.05, 4.69) is 25.3 Å². The first-order chi connectivity index (χ1) is 26.9. The lowest BCUT2D eigenvalue weighted by Gasteiger charge is -2.33. The molecule has 15 nitrogen and oxygen atoms in total. The quantitative estimate of drug-likeness (QED) is 0.325. The zero-order valence-electron chi connectivity index (χ0n) is 33.6.